The molecule has 0 radical (unpaired) electrons. The molecule has 2 unspecified atom stereocenters. The molecule has 1 aliphatic heterocycles. The van der Waals surface area contributed by atoms with Gasteiger partial charge in [0.1, 0.15) is 22.8 Å². The number of benzene rings is 1. The second kappa shape index (κ2) is 4.86. The number of hydrogen-bond acceptors (Lipinski definition) is 3. The Morgan fingerprint density at radius 1 is 1.35 bits per heavy atom. The fourth-order valence-electron chi connectivity index (χ4n) is 2.77. The fraction of sp³-hybridized carbons (Fsp3) is 0.500. The van der Waals surface area contributed by atoms with Gasteiger partial charge in [0.05, 0.1) is 12.7 Å². The summed E-state index contributed by atoms with van der Waals surface area (Å²) in [6.45, 7) is 4.65. The molecule has 1 aromatic heterocycles. The van der Waals surface area contributed by atoms with Crippen LogP contribution in [-0.2, 0) is 10.3 Å². The average Bonchev–Trinajstić information content (AvgIpc) is 2.82. The molecule has 0 amide bonds. The van der Waals surface area contributed by atoms with Crippen LogP contribution in [0.15, 0.2) is 28.7 Å². The maximum atomic E-state index is 13.2. The number of ether oxygens (including phenoxy) is 1. The zero-order chi connectivity index (χ0) is 14.3. The minimum absolute atomic E-state index is 0.0127. The lowest BCUT2D eigenvalue weighted by Crippen LogP contribution is -2.40. The molecule has 0 bridgehead atoms. The van der Waals surface area contributed by atoms with Crippen molar-refractivity contribution in [1.29, 1.82) is 0 Å². The van der Waals surface area contributed by atoms with Crippen LogP contribution >= 0.6 is 0 Å². The molecule has 1 aromatic carbocycles. The molecule has 1 N–H and O–H groups in total. The van der Waals surface area contributed by atoms with Crippen LogP contribution in [0.2, 0.25) is 0 Å². The summed E-state index contributed by atoms with van der Waals surface area (Å²) in [7, 11) is 0. The molecular formula is C16H19FO3. The van der Waals surface area contributed by atoms with Crippen LogP contribution < -0.4 is 0 Å². The molecule has 2 aromatic rings. The summed E-state index contributed by atoms with van der Waals surface area (Å²) in [5.41, 5.74) is -0.426. The highest BCUT2D eigenvalue weighted by molar-refractivity contribution is 5.78. The van der Waals surface area contributed by atoms with E-state index in [9.17, 15) is 9.50 Å². The molecule has 0 spiro atoms. The van der Waals surface area contributed by atoms with Gasteiger partial charge in [-0.1, -0.05) is 13.8 Å². The largest absolute Gasteiger partial charge is 0.458 e. The van der Waals surface area contributed by atoms with E-state index >= 15 is 0 Å². The highest BCUT2D eigenvalue weighted by atomic mass is 19.1. The molecule has 0 aliphatic carbocycles. The van der Waals surface area contributed by atoms with Crippen LogP contribution in [0.25, 0.3) is 11.0 Å². The Balaban J connectivity index is 1.96. The summed E-state index contributed by atoms with van der Waals surface area (Å²) in [6.07, 6.45) is 1.02. The molecule has 4 heteroatoms. The third-order valence-electron chi connectivity index (χ3n) is 4.07. The maximum absolute atomic E-state index is 13.2. The van der Waals surface area contributed by atoms with E-state index in [1.807, 2.05) is 0 Å². The van der Waals surface area contributed by atoms with Crippen molar-refractivity contribution in [2.75, 3.05) is 6.61 Å². The van der Waals surface area contributed by atoms with Crippen LogP contribution in [0, 0.1) is 11.7 Å². The van der Waals surface area contributed by atoms with Gasteiger partial charge in [0, 0.05) is 18.2 Å². The first-order chi connectivity index (χ1) is 9.48. The van der Waals surface area contributed by atoms with Gasteiger partial charge >= 0.3 is 0 Å². The number of aliphatic hydroxyl groups is 1. The lowest BCUT2D eigenvalue weighted by Gasteiger charge is -2.37. The lowest BCUT2D eigenvalue weighted by molar-refractivity contribution is -0.129. The summed E-state index contributed by atoms with van der Waals surface area (Å²) in [5.74, 6) is 0.541. The van der Waals surface area contributed by atoms with Crippen molar-refractivity contribution in [2.24, 2.45) is 5.92 Å². The fourth-order valence-corrected chi connectivity index (χ4v) is 2.77. The van der Waals surface area contributed by atoms with Gasteiger partial charge in [0.25, 0.3) is 0 Å². The van der Waals surface area contributed by atoms with E-state index < -0.39 is 5.60 Å². The van der Waals surface area contributed by atoms with Gasteiger partial charge in [-0.05, 0) is 30.2 Å². The van der Waals surface area contributed by atoms with Gasteiger partial charge in [0.2, 0.25) is 0 Å². The van der Waals surface area contributed by atoms with Gasteiger partial charge in [0.15, 0.2) is 0 Å². The van der Waals surface area contributed by atoms with E-state index in [1.165, 1.54) is 12.1 Å². The van der Waals surface area contributed by atoms with Crippen molar-refractivity contribution >= 4 is 11.0 Å². The van der Waals surface area contributed by atoms with Crippen LogP contribution in [0.5, 0.6) is 0 Å². The van der Waals surface area contributed by atoms with Gasteiger partial charge < -0.3 is 14.3 Å². The van der Waals surface area contributed by atoms with E-state index in [4.69, 9.17) is 9.15 Å². The molecule has 1 saturated heterocycles. The standard InChI is InChI=1S/C16H19FO3/c1-10(2)14-9-16(18,5-6-19-14)15-8-11-7-12(17)3-4-13(11)20-15/h3-4,7-8,10,14,18H,5-6,9H2,1-2H3. The van der Waals surface area contributed by atoms with Gasteiger partial charge in [-0.15, -0.1) is 0 Å². The number of hydrogen-bond donors (Lipinski definition) is 1. The van der Waals surface area contributed by atoms with Crippen LogP contribution in [-0.4, -0.2) is 17.8 Å². The third-order valence-corrected chi connectivity index (χ3v) is 4.07. The first kappa shape index (κ1) is 13.6. The van der Waals surface area contributed by atoms with Crippen molar-refractivity contribution in [3.63, 3.8) is 0 Å². The third kappa shape index (κ3) is 2.34. The minimum atomic E-state index is -1.03. The summed E-state index contributed by atoms with van der Waals surface area (Å²) < 4.78 is 24.6. The van der Waals surface area contributed by atoms with Gasteiger partial charge in [-0.25, -0.2) is 4.39 Å². The molecular weight excluding hydrogens is 259 g/mol. The molecule has 3 rings (SSSR count). The zero-order valence-corrected chi connectivity index (χ0v) is 11.7. The lowest BCUT2D eigenvalue weighted by atomic mass is 9.84. The Morgan fingerprint density at radius 2 is 2.15 bits per heavy atom. The Kier molecular flexibility index (Phi) is 3.30. The molecule has 2 atom stereocenters. The molecule has 20 heavy (non-hydrogen) atoms. The average molecular weight is 278 g/mol. The topological polar surface area (TPSA) is 42.6 Å². The summed E-state index contributed by atoms with van der Waals surface area (Å²) in [6, 6.07) is 6.11. The van der Waals surface area contributed by atoms with Crippen molar-refractivity contribution in [3.8, 4) is 0 Å². The second-order valence-corrected chi connectivity index (χ2v) is 5.93. The van der Waals surface area contributed by atoms with Crippen LogP contribution in [0.1, 0.15) is 32.4 Å². The zero-order valence-electron chi connectivity index (χ0n) is 11.7. The van der Waals surface area contributed by atoms with E-state index in [2.05, 4.69) is 13.8 Å². The Morgan fingerprint density at radius 3 is 2.90 bits per heavy atom. The minimum Gasteiger partial charge on any atom is -0.458 e. The summed E-state index contributed by atoms with van der Waals surface area (Å²) in [5, 5.41) is 11.5. The van der Waals surface area contributed by atoms with Crippen molar-refractivity contribution in [2.45, 2.75) is 38.4 Å². The predicted molar refractivity (Wildman–Crippen MR) is 73.9 cm³/mol. The highest BCUT2D eigenvalue weighted by Crippen LogP contribution is 2.39. The predicted octanol–water partition coefficient (Wildman–Crippen LogP) is 3.59. The molecule has 2 heterocycles. The first-order valence-electron chi connectivity index (χ1n) is 7.01. The molecule has 3 nitrogen and oxygen atoms in total. The van der Waals surface area contributed by atoms with E-state index in [0.29, 0.717) is 42.1 Å². The van der Waals surface area contributed by atoms with Crippen molar-refractivity contribution < 1.29 is 18.7 Å². The normalized spacial score (nSPS) is 27.4. The first-order valence-corrected chi connectivity index (χ1v) is 7.01. The van der Waals surface area contributed by atoms with E-state index in [-0.39, 0.29) is 11.9 Å². The number of rotatable bonds is 2. The molecule has 1 aliphatic rings. The van der Waals surface area contributed by atoms with Crippen LogP contribution in [0.4, 0.5) is 4.39 Å². The monoisotopic (exact) mass is 278 g/mol. The van der Waals surface area contributed by atoms with Gasteiger partial charge in [-0.3, -0.25) is 0 Å². The molecule has 1 fully saturated rings. The highest BCUT2D eigenvalue weighted by Gasteiger charge is 2.40. The van der Waals surface area contributed by atoms with Crippen molar-refractivity contribution in [3.05, 3.63) is 35.8 Å². The Hall–Kier alpha value is -1.39. The van der Waals surface area contributed by atoms with E-state index in [1.54, 1.807) is 12.1 Å². The SMILES string of the molecule is CC(C)C1CC(O)(c2cc3cc(F)ccc3o2)CCO1. The van der Waals surface area contributed by atoms with E-state index in [0.717, 1.165) is 0 Å². The Labute approximate surface area is 117 Å². The maximum Gasteiger partial charge on any atom is 0.137 e. The number of fused-ring (bicyclic) bond motifs is 1. The van der Waals surface area contributed by atoms with Gasteiger partial charge in [-0.2, -0.15) is 0 Å². The summed E-state index contributed by atoms with van der Waals surface area (Å²) in [4.78, 5) is 0. The second-order valence-electron chi connectivity index (χ2n) is 5.93. The number of furan rings is 1. The smallest absolute Gasteiger partial charge is 0.137 e. The van der Waals surface area contributed by atoms with Crippen molar-refractivity contribution in [1.82, 2.24) is 0 Å². The molecule has 108 valence electrons. The molecule has 0 saturated carbocycles. The quantitative estimate of drug-likeness (QED) is 0.912. The number of halogens is 1. The summed E-state index contributed by atoms with van der Waals surface area (Å²) >= 11 is 0. The van der Waals surface area contributed by atoms with Crippen LogP contribution in [0.3, 0.4) is 0 Å². The Bertz CT molecular complexity index is 619.